The standard InChI is InChI=1S/C17H17ClN2O2/c18-14-6-8-15(9-7-14)19-16(21)20-11-10-17(22,12-20)13-4-2-1-3-5-13/h1-9,22H,10-12H2,(H,19,21)/t17-/m1/s1. The van der Waals surface area contributed by atoms with E-state index in [1.807, 2.05) is 30.3 Å². The number of aliphatic hydroxyl groups is 1. The first kappa shape index (κ1) is 14.9. The highest BCUT2D eigenvalue weighted by Crippen LogP contribution is 2.32. The fraction of sp³-hybridized carbons (Fsp3) is 0.235. The van der Waals surface area contributed by atoms with Crippen LogP contribution in [0.15, 0.2) is 54.6 Å². The smallest absolute Gasteiger partial charge is 0.321 e. The molecule has 2 amide bonds. The number of halogens is 1. The third kappa shape index (κ3) is 3.08. The van der Waals surface area contributed by atoms with Crippen molar-refractivity contribution in [2.75, 3.05) is 18.4 Å². The molecule has 1 saturated heterocycles. The minimum atomic E-state index is -0.974. The first-order valence-electron chi connectivity index (χ1n) is 7.16. The first-order chi connectivity index (χ1) is 10.6. The van der Waals surface area contributed by atoms with Gasteiger partial charge in [0.25, 0.3) is 0 Å². The third-order valence-corrected chi connectivity index (χ3v) is 4.19. The Kier molecular flexibility index (Phi) is 4.05. The van der Waals surface area contributed by atoms with Crippen LogP contribution in [0.2, 0.25) is 5.02 Å². The number of amides is 2. The van der Waals surface area contributed by atoms with Crippen molar-refractivity contribution in [3.8, 4) is 0 Å². The van der Waals surface area contributed by atoms with Crippen LogP contribution < -0.4 is 5.32 Å². The summed E-state index contributed by atoms with van der Waals surface area (Å²) in [4.78, 5) is 13.9. The van der Waals surface area contributed by atoms with Gasteiger partial charge in [0.1, 0.15) is 5.60 Å². The van der Waals surface area contributed by atoms with E-state index in [0.717, 1.165) is 5.56 Å². The van der Waals surface area contributed by atoms with E-state index in [1.165, 1.54) is 0 Å². The van der Waals surface area contributed by atoms with Crippen LogP contribution in [0.25, 0.3) is 0 Å². The van der Waals surface area contributed by atoms with Crippen molar-refractivity contribution >= 4 is 23.3 Å². The third-order valence-electron chi connectivity index (χ3n) is 3.94. The fourth-order valence-corrected chi connectivity index (χ4v) is 2.81. The quantitative estimate of drug-likeness (QED) is 0.891. The average molecular weight is 317 g/mol. The molecule has 3 rings (SSSR count). The molecule has 0 unspecified atom stereocenters. The predicted octanol–water partition coefficient (Wildman–Crippen LogP) is 3.47. The van der Waals surface area contributed by atoms with Gasteiger partial charge in [-0.1, -0.05) is 41.9 Å². The molecule has 1 fully saturated rings. The van der Waals surface area contributed by atoms with Gasteiger partial charge in [0, 0.05) is 17.3 Å². The Hall–Kier alpha value is -2.04. The van der Waals surface area contributed by atoms with Crippen molar-refractivity contribution in [2.45, 2.75) is 12.0 Å². The highest BCUT2D eigenvalue weighted by atomic mass is 35.5. The maximum Gasteiger partial charge on any atom is 0.321 e. The molecule has 0 spiro atoms. The second-order valence-corrected chi connectivity index (χ2v) is 5.94. The molecule has 0 bridgehead atoms. The number of hydrogen-bond acceptors (Lipinski definition) is 2. The van der Waals surface area contributed by atoms with Crippen molar-refractivity contribution in [2.24, 2.45) is 0 Å². The molecule has 1 aliphatic rings. The molecular weight excluding hydrogens is 300 g/mol. The summed E-state index contributed by atoms with van der Waals surface area (Å²) in [6, 6.07) is 16.2. The second kappa shape index (κ2) is 5.99. The van der Waals surface area contributed by atoms with Gasteiger partial charge in [-0.25, -0.2) is 4.79 Å². The average Bonchev–Trinajstić information content (AvgIpc) is 2.94. The van der Waals surface area contributed by atoms with E-state index in [2.05, 4.69) is 5.32 Å². The highest BCUT2D eigenvalue weighted by molar-refractivity contribution is 6.30. The van der Waals surface area contributed by atoms with E-state index < -0.39 is 5.60 Å². The summed E-state index contributed by atoms with van der Waals surface area (Å²) in [6.07, 6.45) is 0.533. The van der Waals surface area contributed by atoms with Gasteiger partial charge >= 0.3 is 6.03 Å². The number of nitrogens with zero attached hydrogens (tertiary/aromatic N) is 1. The summed E-state index contributed by atoms with van der Waals surface area (Å²) in [5.74, 6) is 0. The van der Waals surface area contributed by atoms with E-state index in [9.17, 15) is 9.90 Å². The largest absolute Gasteiger partial charge is 0.383 e. The van der Waals surface area contributed by atoms with Gasteiger partial charge in [-0.05, 0) is 36.2 Å². The van der Waals surface area contributed by atoms with Gasteiger partial charge in [0.05, 0.1) is 6.54 Å². The molecule has 22 heavy (non-hydrogen) atoms. The number of anilines is 1. The number of β-amino-alcohol motifs (C(OH)–C–C–N with tert-alkyl or cyclic N) is 1. The zero-order valence-electron chi connectivity index (χ0n) is 12.0. The number of carbonyl (C=O) groups is 1. The van der Waals surface area contributed by atoms with Gasteiger partial charge in [-0.15, -0.1) is 0 Å². The van der Waals surface area contributed by atoms with E-state index >= 15 is 0 Å². The van der Waals surface area contributed by atoms with Gasteiger partial charge in [-0.2, -0.15) is 0 Å². The maximum absolute atomic E-state index is 12.3. The molecule has 5 heteroatoms. The molecular formula is C17H17ClN2O2. The highest BCUT2D eigenvalue weighted by Gasteiger charge is 2.39. The molecule has 1 heterocycles. The lowest BCUT2D eigenvalue weighted by molar-refractivity contribution is 0.0501. The van der Waals surface area contributed by atoms with Crippen molar-refractivity contribution in [3.05, 3.63) is 65.2 Å². The lowest BCUT2D eigenvalue weighted by Gasteiger charge is -2.24. The molecule has 2 aromatic rings. The van der Waals surface area contributed by atoms with Crippen LogP contribution in [0, 0.1) is 0 Å². The van der Waals surface area contributed by atoms with Crippen LogP contribution in [0.4, 0.5) is 10.5 Å². The molecule has 2 aromatic carbocycles. The fourth-order valence-electron chi connectivity index (χ4n) is 2.69. The number of benzene rings is 2. The van der Waals surface area contributed by atoms with Crippen LogP contribution in [-0.2, 0) is 5.60 Å². The monoisotopic (exact) mass is 316 g/mol. The van der Waals surface area contributed by atoms with Gasteiger partial charge in [-0.3, -0.25) is 0 Å². The number of hydrogen-bond donors (Lipinski definition) is 2. The minimum Gasteiger partial charge on any atom is -0.383 e. The molecule has 4 nitrogen and oxygen atoms in total. The molecule has 0 aliphatic carbocycles. The Balaban J connectivity index is 1.67. The van der Waals surface area contributed by atoms with Crippen LogP contribution in [-0.4, -0.2) is 29.1 Å². The van der Waals surface area contributed by atoms with Crippen molar-refractivity contribution in [1.29, 1.82) is 0 Å². The van der Waals surface area contributed by atoms with Crippen molar-refractivity contribution < 1.29 is 9.90 Å². The maximum atomic E-state index is 12.3. The molecule has 0 saturated carbocycles. The van der Waals surface area contributed by atoms with E-state index in [0.29, 0.717) is 23.7 Å². The number of nitrogens with one attached hydrogen (secondary N) is 1. The number of carbonyl (C=O) groups excluding carboxylic acids is 1. The molecule has 1 atom stereocenters. The van der Waals surface area contributed by atoms with Crippen LogP contribution in [0.3, 0.4) is 0 Å². The molecule has 2 N–H and O–H groups in total. The summed E-state index contributed by atoms with van der Waals surface area (Å²) in [6.45, 7) is 0.807. The van der Waals surface area contributed by atoms with Crippen LogP contribution >= 0.6 is 11.6 Å². The number of rotatable bonds is 2. The Morgan fingerprint density at radius 3 is 2.50 bits per heavy atom. The Labute approximate surface area is 134 Å². The summed E-state index contributed by atoms with van der Waals surface area (Å²) in [7, 11) is 0. The normalized spacial score (nSPS) is 20.9. The van der Waals surface area contributed by atoms with Gasteiger partial charge < -0.3 is 15.3 Å². The second-order valence-electron chi connectivity index (χ2n) is 5.51. The summed E-state index contributed by atoms with van der Waals surface area (Å²) >= 11 is 5.82. The topological polar surface area (TPSA) is 52.6 Å². The number of urea groups is 1. The SMILES string of the molecule is O=C(Nc1ccc(Cl)cc1)N1CC[C@](O)(c2ccccc2)C1. The first-order valence-corrected chi connectivity index (χ1v) is 7.54. The van der Waals surface area contributed by atoms with Gasteiger partial charge in [0.15, 0.2) is 0 Å². The van der Waals surface area contributed by atoms with Crippen LogP contribution in [0.1, 0.15) is 12.0 Å². The summed E-state index contributed by atoms with van der Waals surface area (Å²) < 4.78 is 0. The Morgan fingerprint density at radius 2 is 1.82 bits per heavy atom. The minimum absolute atomic E-state index is 0.214. The van der Waals surface area contributed by atoms with Crippen molar-refractivity contribution in [1.82, 2.24) is 4.90 Å². The van der Waals surface area contributed by atoms with Gasteiger partial charge in [0.2, 0.25) is 0 Å². The lowest BCUT2D eigenvalue weighted by Crippen LogP contribution is -2.36. The molecule has 1 aliphatic heterocycles. The number of likely N-dealkylation sites (tertiary alicyclic amines) is 1. The predicted molar refractivity (Wildman–Crippen MR) is 87.0 cm³/mol. The van der Waals surface area contributed by atoms with E-state index in [-0.39, 0.29) is 12.6 Å². The summed E-state index contributed by atoms with van der Waals surface area (Å²) in [5, 5.41) is 14.2. The zero-order chi connectivity index (χ0) is 15.6. The van der Waals surface area contributed by atoms with E-state index in [4.69, 9.17) is 11.6 Å². The van der Waals surface area contributed by atoms with Crippen molar-refractivity contribution in [3.63, 3.8) is 0 Å². The molecule has 0 radical (unpaired) electrons. The molecule has 114 valence electrons. The van der Waals surface area contributed by atoms with Crippen LogP contribution in [0.5, 0.6) is 0 Å². The summed E-state index contributed by atoms with van der Waals surface area (Å²) in [5.41, 5.74) is 0.555. The zero-order valence-corrected chi connectivity index (χ0v) is 12.8. The van der Waals surface area contributed by atoms with E-state index in [1.54, 1.807) is 29.2 Å². The Bertz CT molecular complexity index is 660. The molecule has 0 aromatic heterocycles. The lowest BCUT2D eigenvalue weighted by atomic mass is 9.93. The Morgan fingerprint density at radius 1 is 1.14 bits per heavy atom.